The van der Waals surface area contributed by atoms with E-state index in [2.05, 4.69) is 4.90 Å². The fourth-order valence-electron chi connectivity index (χ4n) is 3.69. The van der Waals surface area contributed by atoms with Gasteiger partial charge >= 0.3 is 0 Å². The summed E-state index contributed by atoms with van der Waals surface area (Å²) in [4.78, 5) is 2.55. The van der Waals surface area contributed by atoms with Gasteiger partial charge in [0.15, 0.2) is 0 Å². The molecule has 1 heterocycles. The Balaban J connectivity index is 1.51. The summed E-state index contributed by atoms with van der Waals surface area (Å²) in [7, 11) is 0. The number of nitrogens with zero attached hydrogens (tertiary/aromatic N) is 1. The summed E-state index contributed by atoms with van der Waals surface area (Å²) >= 11 is 0. The van der Waals surface area contributed by atoms with Gasteiger partial charge in [-0.2, -0.15) is 0 Å². The third kappa shape index (κ3) is 1.40. The maximum Gasteiger partial charge on any atom is 0.0297 e. The molecule has 0 amide bonds. The van der Waals surface area contributed by atoms with Crippen LogP contribution in [0.15, 0.2) is 0 Å². The summed E-state index contributed by atoms with van der Waals surface area (Å²) < 4.78 is 0. The van der Waals surface area contributed by atoms with E-state index >= 15 is 0 Å². The summed E-state index contributed by atoms with van der Waals surface area (Å²) in [6.07, 6.45) is 6.12. The minimum Gasteiger partial charge on any atom is -0.325 e. The van der Waals surface area contributed by atoms with Gasteiger partial charge in [-0.05, 0) is 37.0 Å². The lowest BCUT2D eigenvalue weighted by molar-refractivity contribution is 0.108. The van der Waals surface area contributed by atoms with Crippen LogP contribution in [0.4, 0.5) is 0 Å². The van der Waals surface area contributed by atoms with Gasteiger partial charge in [0.05, 0.1) is 0 Å². The van der Waals surface area contributed by atoms with Gasteiger partial charge in [0.2, 0.25) is 0 Å². The highest BCUT2D eigenvalue weighted by molar-refractivity contribution is 4.93. The van der Waals surface area contributed by atoms with Crippen molar-refractivity contribution < 1.29 is 0 Å². The zero-order valence-corrected chi connectivity index (χ0v) is 8.28. The highest BCUT2D eigenvalue weighted by Crippen LogP contribution is 2.48. The summed E-state index contributed by atoms with van der Waals surface area (Å²) in [5.74, 6) is 3.22. The van der Waals surface area contributed by atoms with Gasteiger partial charge in [0.25, 0.3) is 0 Å². The highest BCUT2D eigenvalue weighted by atomic mass is 15.2. The molecule has 2 N–H and O–H groups in total. The molecule has 0 aromatic heterocycles. The number of fused-ring (bicyclic) bond motifs is 2. The number of nitrogens with two attached hydrogens (primary N) is 1. The second-order valence-corrected chi connectivity index (χ2v) is 5.41. The maximum atomic E-state index is 5.78. The molecule has 1 saturated heterocycles. The van der Waals surface area contributed by atoms with Crippen LogP contribution < -0.4 is 5.73 Å². The standard InChI is InChI=1S/C11H20N2/c12-11-6-13(7-11)5-10-4-8-1-2-9(10)3-8/h8-11H,1-7,12H2. The van der Waals surface area contributed by atoms with E-state index in [0.717, 1.165) is 30.8 Å². The molecule has 0 aromatic carbocycles. The van der Waals surface area contributed by atoms with Crippen LogP contribution in [-0.2, 0) is 0 Å². The van der Waals surface area contributed by atoms with Crippen molar-refractivity contribution in [3.8, 4) is 0 Å². The largest absolute Gasteiger partial charge is 0.325 e. The average Bonchev–Trinajstić information content (AvgIpc) is 2.62. The molecule has 0 aromatic rings. The molecule has 74 valence electrons. The molecular formula is C11H20N2. The minimum atomic E-state index is 0.485. The van der Waals surface area contributed by atoms with E-state index in [-0.39, 0.29) is 0 Å². The van der Waals surface area contributed by atoms with Crippen molar-refractivity contribution in [2.24, 2.45) is 23.5 Å². The fraction of sp³-hybridized carbons (Fsp3) is 1.00. The van der Waals surface area contributed by atoms with Crippen LogP contribution in [0.3, 0.4) is 0 Å². The van der Waals surface area contributed by atoms with Crippen LogP contribution in [0.5, 0.6) is 0 Å². The Bertz CT molecular complexity index is 198. The van der Waals surface area contributed by atoms with Crippen LogP contribution >= 0.6 is 0 Å². The molecule has 2 aliphatic carbocycles. The fourth-order valence-corrected chi connectivity index (χ4v) is 3.69. The van der Waals surface area contributed by atoms with Crippen LogP contribution in [-0.4, -0.2) is 30.6 Å². The van der Waals surface area contributed by atoms with Crippen molar-refractivity contribution in [3.63, 3.8) is 0 Å². The van der Waals surface area contributed by atoms with E-state index in [0.29, 0.717) is 6.04 Å². The Labute approximate surface area is 80.5 Å². The third-order valence-corrected chi connectivity index (χ3v) is 4.36. The Morgan fingerprint density at radius 1 is 1.15 bits per heavy atom. The Morgan fingerprint density at radius 2 is 2.00 bits per heavy atom. The monoisotopic (exact) mass is 180 g/mol. The maximum absolute atomic E-state index is 5.78. The van der Waals surface area contributed by atoms with Crippen molar-refractivity contribution >= 4 is 0 Å². The molecule has 1 aliphatic heterocycles. The molecule has 0 radical (unpaired) electrons. The molecular weight excluding hydrogens is 160 g/mol. The number of hydrogen-bond donors (Lipinski definition) is 1. The predicted molar refractivity (Wildman–Crippen MR) is 53.4 cm³/mol. The van der Waals surface area contributed by atoms with Gasteiger partial charge in [0.1, 0.15) is 0 Å². The first-order valence-corrected chi connectivity index (χ1v) is 5.79. The molecule has 3 aliphatic rings. The highest BCUT2D eigenvalue weighted by Gasteiger charge is 2.40. The summed E-state index contributed by atoms with van der Waals surface area (Å²) in [5.41, 5.74) is 5.78. The average molecular weight is 180 g/mol. The van der Waals surface area contributed by atoms with Crippen molar-refractivity contribution in [2.45, 2.75) is 31.7 Å². The second kappa shape index (κ2) is 2.96. The van der Waals surface area contributed by atoms with Crippen LogP contribution in [0.25, 0.3) is 0 Å². The minimum absolute atomic E-state index is 0.485. The number of likely N-dealkylation sites (tertiary alicyclic amines) is 1. The van der Waals surface area contributed by atoms with Gasteiger partial charge in [-0.15, -0.1) is 0 Å². The zero-order valence-electron chi connectivity index (χ0n) is 8.28. The molecule has 2 nitrogen and oxygen atoms in total. The lowest BCUT2D eigenvalue weighted by atomic mass is 9.87. The van der Waals surface area contributed by atoms with Gasteiger partial charge in [-0.25, -0.2) is 0 Å². The van der Waals surface area contributed by atoms with Crippen molar-refractivity contribution in [3.05, 3.63) is 0 Å². The van der Waals surface area contributed by atoms with Crippen LogP contribution in [0.2, 0.25) is 0 Å². The predicted octanol–water partition coefficient (Wildman–Crippen LogP) is 1.07. The van der Waals surface area contributed by atoms with E-state index in [4.69, 9.17) is 5.73 Å². The van der Waals surface area contributed by atoms with Gasteiger partial charge in [-0.3, -0.25) is 4.90 Å². The molecule has 13 heavy (non-hydrogen) atoms. The molecule has 2 saturated carbocycles. The van der Waals surface area contributed by atoms with Crippen LogP contribution in [0, 0.1) is 17.8 Å². The van der Waals surface area contributed by atoms with Crippen molar-refractivity contribution in [2.75, 3.05) is 19.6 Å². The molecule has 3 atom stereocenters. The molecule has 2 bridgehead atoms. The first-order valence-electron chi connectivity index (χ1n) is 5.79. The first-order chi connectivity index (χ1) is 6.31. The summed E-state index contributed by atoms with van der Waals surface area (Å²) in [5, 5.41) is 0. The summed E-state index contributed by atoms with van der Waals surface area (Å²) in [6.45, 7) is 3.68. The van der Waals surface area contributed by atoms with Crippen molar-refractivity contribution in [1.29, 1.82) is 0 Å². The lowest BCUT2D eigenvalue weighted by Gasteiger charge is -2.40. The zero-order chi connectivity index (χ0) is 8.84. The van der Waals surface area contributed by atoms with Gasteiger partial charge in [0, 0.05) is 25.7 Å². The Morgan fingerprint density at radius 3 is 2.54 bits per heavy atom. The van der Waals surface area contributed by atoms with Crippen molar-refractivity contribution in [1.82, 2.24) is 4.90 Å². The van der Waals surface area contributed by atoms with Gasteiger partial charge < -0.3 is 5.73 Å². The molecule has 0 spiro atoms. The Kier molecular flexibility index (Phi) is 1.88. The van der Waals surface area contributed by atoms with E-state index < -0.39 is 0 Å². The van der Waals surface area contributed by atoms with E-state index in [9.17, 15) is 0 Å². The summed E-state index contributed by atoms with van der Waals surface area (Å²) in [6, 6.07) is 0.485. The third-order valence-electron chi connectivity index (χ3n) is 4.36. The van der Waals surface area contributed by atoms with E-state index in [1.165, 1.54) is 25.8 Å². The molecule has 2 heteroatoms. The topological polar surface area (TPSA) is 29.3 Å². The SMILES string of the molecule is NC1CN(CC2CC3CCC2C3)C1. The first kappa shape index (κ1) is 8.25. The number of hydrogen-bond acceptors (Lipinski definition) is 2. The van der Waals surface area contributed by atoms with Crippen LogP contribution in [0.1, 0.15) is 25.7 Å². The smallest absolute Gasteiger partial charge is 0.0297 e. The molecule has 3 rings (SSSR count). The Hall–Kier alpha value is -0.0800. The molecule has 3 unspecified atom stereocenters. The number of rotatable bonds is 2. The second-order valence-electron chi connectivity index (χ2n) is 5.41. The quantitative estimate of drug-likeness (QED) is 0.688. The van der Waals surface area contributed by atoms with E-state index in [1.807, 2.05) is 0 Å². The molecule has 3 fully saturated rings. The van der Waals surface area contributed by atoms with Gasteiger partial charge in [-0.1, -0.05) is 6.42 Å². The van der Waals surface area contributed by atoms with E-state index in [1.54, 1.807) is 6.42 Å². The normalized spacial score (nSPS) is 45.5. The lowest BCUT2D eigenvalue weighted by Crippen LogP contribution is -2.57.